The van der Waals surface area contributed by atoms with Crippen molar-refractivity contribution in [2.45, 2.75) is 19.6 Å². The van der Waals surface area contributed by atoms with Gasteiger partial charge in [0.2, 0.25) is 0 Å². The molecule has 3 heterocycles. The Morgan fingerprint density at radius 3 is 2.94 bits per heavy atom. The molecule has 0 unspecified atom stereocenters. The highest BCUT2D eigenvalue weighted by atomic mass is 35.5. The molecule has 0 spiro atoms. The zero-order valence-corrected chi connectivity index (χ0v) is 20.5. The van der Waals surface area contributed by atoms with Gasteiger partial charge in [-0.1, -0.05) is 17.7 Å². The number of fused-ring (bicyclic) bond motifs is 2. The quantitative estimate of drug-likeness (QED) is 0.560. The molecule has 2 aromatic carbocycles. The highest BCUT2D eigenvalue weighted by Crippen LogP contribution is 2.40. The SMILES string of the molecule is COC(=O)N1CCO[C@@H](Cn2c(-c3c(Cl)cc4c(c3F)C=CS(=O)(=O)N4)nc3cc(C)ccc32)C1. The van der Waals surface area contributed by atoms with Crippen LogP contribution in [0.3, 0.4) is 0 Å². The Morgan fingerprint density at radius 1 is 1.37 bits per heavy atom. The fourth-order valence-corrected chi connectivity index (χ4v) is 5.51. The van der Waals surface area contributed by atoms with E-state index in [9.17, 15) is 13.2 Å². The first kappa shape index (κ1) is 23.6. The lowest BCUT2D eigenvalue weighted by molar-refractivity contribution is -0.0310. The summed E-state index contributed by atoms with van der Waals surface area (Å²) in [6.07, 6.45) is 0.362. The van der Waals surface area contributed by atoms with Crippen LogP contribution in [0.25, 0.3) is 28.5 Å². The van der Waals surface area contributed by atoms with Gasteiger partial charge in [-0.25, -0.2) is 22.6 Å². The molecule has 1 amide bonds. The van der Waals surface area contributed by atoms with Gasteiger partial charge < -0.3 is 18.9 Å². The van der Waals surface area contributed by atoms with Gasteiger partial charge in [-0.15, -0.1) is 0 Å². The minimum absolute atomic E-state index is 0.00766. The number of ether oxygens (including phenoxy) is 2. The average Bonchev–Trinajstić information content (AvgIpc) is 3.14. The van der Waals surface area contributed by atoms with E-state index in [2.05, 4.69) is 4.72 Å². The molecule has 1 aromatic heterocycles. The number of aryl methyl sites for hydroxylation is 1. The van der Waals surface area contributed by atoms with E-state index < -0.39 is 28.0 Å². The van der Waals surface area contributed by atoms with Crippen LogP contribution in [0.4, 0.5) is 14.9 Å². The molecule has 12 heteroatoms. The van der Waals surface area contributed by atoms with Crippen molar-refractivity contribution < 1.29 is 27.1 Å². The van der Waals surface area contributed by atoms with Crippen molar-refractivity contribution in [2.75, 3.05) is 31.5 Å². The molecule has 2 aliphatic heterocycles. The molecule has 0 bridgehead atoms. The van der Waals surface area contributed by atoms with Crippen molar-refractivity contribution in [3.05, 3.63) is 51.6 Å². The average molecular weight is 521 g/mol. The van der Waals surface area contributed by atoms with Gasteiger partial charge in [0.15, 0.2) is 0 Å². The first-order chi connectivity index (χ1) is 16.7. The number of methoxy groups -OCH3 is 1. The Balaban J connectivity index is 1.63. The number of carbonyl (C=O) groups excluding carboxylic acids is 1. The van der Waals surface area contributed by atoms with Gasteiger partial charge >= 0.3 is 6.09 Å². The summed E-state index contributed by atoms with van der Waals surface area (Å²) < 4.78 is 54.4. The number of hydrogen-bond acceptors (Lipinski definition) is 6. The Hall–Kier alpha value is -3.15. The molecule has 2 aliphatic rings. The standard InChI is InChI=1S/C23H22ClFN4O5S/c1-13-3-4-19-18(9-13)26-22(29(19)12-14-11-28(6-7-34-14)23(30)33-2)20-16(24)10-17-15(21(20)25)5-8-35(31,32)27-17/h3-5,8-10,14,27H,6-7,11-12H2,1-2H3/t14-/m1/s1. The maximum Gasteiger partial charge on any atom is 0.409 e. The van der Waals surface area contributed by atoms with Crippen LogP contribution in [-0.4, -0.2) is 61.9 Å². The van der Waals surface area contributed by atoms with Gasteiger partial charge in [0.05, 0.1) is 65.6 Å². The number of imidazole rings is 1. The van der Waals surface area contributed by atoms with Gasteiger partial charge in [-0.2, -0.15) is 0 Å². The van der Waals surface area contributed by atoms with Crippen molar-refractivity contribution in [2.24, 2.45) is 0 Å². The second kappa shape index (κ2) is 8.81. The highest BCUT2D eigenvalue weighted by Gasteiger charge is 2.29. The Bertz CT molecular complexity index is 1490. The molecule has 0 radical (unpaired) electrons. The summed E-state index contributed by atoms with van der Waals surface area (Å²) in [6.45, 7) is 3.24. The van der Waals surface area contributed by atoms with E-state index in [-0.39, 0.29) is 34.2 Å². The number of sulfonamides is 1. The summed E-state index contributed by atoms with van der Waals surface area (Å²) in [4.78, 5) is 18.3. The van der Waals surface area contributed by atoms with Crippen LogP contribution < -0.4 is 4.72 Å². The van der Waals surface area contributed by atoms with Crippen molar-refractivity contribution >= 4 is 50.5 Å². The Labute approximate surface area is 206 Å². The fourth-order valence-electron chi connectivity index (χ4n) is 4.38. The van der Waals surface area contributed by atoms with E-state index in [0.717, 1.165) is 16.5 Å². The molecular weight excluding hydrogens is 499 g/mol. The van der Waals surface area contributed by atoms with Crippen LogP contribution in [0.1, 0.15) is 11.1 Å². The van der Waals surface area contributed by atoms with Crippen LogP contribution in [0.15, 0.2) is 29.7 Å². The summed E-state index contributed by atoms with van der Waals surface area (Å²) in [6, 6.07) is 7.08. The maximum absolute atomic E-state index is 15.8. The number of amides is 1. The number of aromatic nitrogens is 2. The second-order valence-corrected chi connectivity index (χ2v) is 10.4. The van der Waals surface area contributed by atoms with Crippen molar-refractivity contribution in [1.82, 2.24) is 14.5 Å². The monoisotopic (exact) mass is 520 g/mol. The molecule has 0 saturated carbocycles. The van der Waals surface area contributed by atoms with E-state index in [1.807, 2.05) is 29.7 Å². The summed E-state index contributed by atoms with van der Waals surface area (Å²) in [5, 5.41) is 0.910. The Kier molecular flexibility index (Phi) is 5.94. The topological polar surface area (TPSA) is 103 Å². The van der Waals surface area contributed by atoms with Crippen molar-refractivity contribution in [1.29, 1.82) is 0 Å². The lowest BCUT2D eigenvalue weighted by Crippen LogP contribution is -2.47. The molecule has 1 N–H and O–H groups in total. The van der Waals surface area contributed by atoms with Crippen LogP contribution >= 0.6 is 11.6 Å². The second-order valence-electron chi connectivity index (χ2n) is 8.41. The van der Waals surface area contributed by atoms with E-state index >= 15 is 4.39 Å². The summed E-state index contributed by atoms with van der Waals surface area (Å²) in [5.74, 6) is -0.420. The third kappa shape index (κ3) is 4.35. The molecule has 1 atom stereocenters. The van der Waals surface area contributed by atoms with Gasteiger partial charge in [0, 0.05) is 12.1 Å². The number of anilines is 1. The first-order valence-electron chi connectivity index (χ1n) is 10.8. The number of nitrogens with one attached hydrogen (secondary N) is 1. The molecule has 1 fully saturated rings. The largest absolute Gasteiger partial charge is 0.453 e. The lowest BCUT2D eigenvalue weighted by Gasteiger charge is -2.32. The normalized spacial score (nSPS) is 18.9. The van der Waals surface area contributed by atoms with Crippen molar-refractivity contribution in [3.63, 3.8) is 0 Å². The molecule has 1 saturated heterocycles. The third-order valence-electron chi connectivity index (χ3n) is 6.01. The number of rotatable bonds is 3. The molecule has 3 aromatic rings. The van der Waals surface area contributed by atoms with Gasteiger partial charge in [-0.3, -0.25) is 4.72 Å². The molecule has 35 heavy (non-hydrogen) atoms. The third-order valence-corrected chi connectivity index (χ3v) is 7.30. The zero-order chi connectivity index (χ0) is 24.9. The number of halogens is 2. The molecule has 5 rings (SSSR count). The summed E-state index contributed by atoms with van der Waals surface area (Å²) >= 11 is 6.50. The fraction of sp³-hybridized carbons (Fsp3) is 0.304. The molecule has 184 valence electrons. The number of hydrogen-bond donors (Lipinski definition) is 1. The number of nitrogens with zero attached hydrogens (tertiary/aromatic N) is 3. The minimum atomic E-state index is -3.71. The zero-order valence-electron chi connectivity index (χ0n) is 18.9. The first-order valence-corrected chi connectivity index (χ1v) is 12.7. The predicted molar refractivity (Wildman–Crippen MR) is 130 cm³/mol. The van der Waals surface area contributed by atoms with Gasteiger partial charge in [-0.05, 0) is 36.8 Å². The van der Waals surface area contributed by atoms with Gasteiger partial charge in [0.1, 0.15) is 11.6 Å². The van der Waals surface area contributed by atoms with E-state index in [1.54, 1.807) is 4.90 Å². The smallest absolute Gasteiger partial charge is 0.409 e. The number of carbonyl (C=O) groups is 1. The lowest BCUT2D eigenvalue weighted by atomic mass is 10.1. The molecule has 0 aliphatic carbocycles. The highest BCUT2D eigenvalue weighted by molar-refractivity contribution is 7.95. The number of morpholine rings is 1. The molecule has 9 nitrogen and oxygen atoms in total. The predicted octanol–water partition coefficient (Wildman–Crippen LogP) is 4.00. The van der Waals surface area contributed by atoms with E-state index in [0.29, 0.717) is 25.2 Å². The van der Waals surface area contributed by atoms with Crippen LogP contribution in [0.5, 0.6) is 0 Å². The summed E-state index contributed by atoms with van der Waals surface area (Å²) in [5.41, 5.74) is 2.54. The van der Waals surface area contributed by atoms with Crippen LogP contribution in [0, 0.1) is 12.7 Å². The van der Waals surface area contributed by atoms with E-state index in [4.69, 9.17) is 26.1 Å². The maximum atomic E-state index is 15.8. The van der Waals surface area contributed by atoms with Crippen LogP contribution in [-0.2, 0) is 26.0 Å². The van der Waals surface area contributed by atoms with Gasteiger partial charge in [0.25, 0.3) is 10.0 Å². The number of benzene rings is 2. The Morgan fingerprint density at radius 2 is 2.17 bits per heavy atom. The van der Waals surface area contributed by atoms with Crippen LogP contribution in [0.2, 0.25) is 5.02 Å². The minimum Gasteiger partial charge on any atom is -0.453 e. The van der Waals surface area contributed by atoms with E-state index in [1.165, 1.54) is 19.3 Å². The summed E-state index contributed by atoms with van der Waals surface area (Å²) in [7, 11) is -2.38. The molecular formula is C23H22ClFN4O5S. The van der Waals surface area contributed by atoms with Crippen molar-refractivity contribution in [3.8, 4) is 11.4 Å².